The molecular formula is C14H16N2O4S. The van der Waals surface area contributed by atoms with E-state index in [4.69, 9.17) is 5.11 Å². The molecule has 0 saturated heterocycles. The van der Waals surface area contributed by atoms with E-state index in [-0.39, 0.29) is 18.2 Å². The molecule has 2 rings (SSSR count). The lowest BCUT2D eigenvalue weighted by molar-refractivity contribution is -0.141. The van der Waals surface area contributed by atoms with E-state index in [1.165, 1.54) is 16.7 Å². The monoisotopic (exact) mass is 308 g/mol. The highest BCUT2D eigenvalue weighted by atomic mass is 32.2. The van der Waals surface area contributed by atoms with Gasteiger partial charge >= 0.3 is 5.97 Å². The summed E-state index contributed by atoms with van der Waals surface area (Å²) >= 11 is 1.43. The number of aliphatic carboxylic acids is 1. The molecule has 0 spiro atoms. The summed E-state index contributed by atoms with van der Waals surface area (Å²) in [5, 5.41) is 11.4. The number of thioether (sulfide) groups is 1. The van der Waals surface area contributed by atoms with E-state index in [0.717, 1.165) is 4.90 Å². The zero-order chi connectivity index (χ0) is 15.4. The lowest BCUT2D eigenvalue weighted by Gasteiger charge is -2.28. The molecule has 1 heterocycles. The van der Waals surface area contributed by atoms with E-state index in [1.54, 1.807) is 19.1 Å². The normalized spacial score (nSPS) is 15.3. The van der Waals surface area contributed by atoms with E-state index < -0.39 is 17.9 Å². The van der Waals surface area contributed by atoms with E-state index in [2.05, 4.69) is 5.32 Å². The molecule has 1 aromatic carbocycles. The van der Waals surface area contributed by atoms with Gasteiger partial charge in [0, 0.05) is 4.90 Å². The second-order valence-electron chi connectivity index (χ2n) is 4.60. The number of carbonyl (C=O) groups is 3. The highest BCUT2D eigenvalue weighted by Gasteiger charge is 2.27. The number of anilines is 1. The predicted octanol–water partition coefficient (Wildman–Crippen LogP) is 1.10. The molecule has 2 N–H and O–H groups in total. The number of benzene rings is 1. The van der Waals surface area contributed by atoms with Crippen LogP contribution in [0.3, 0.4) is 0 Å². The van der Waals surface area contributed by atoms with Gasteiger partial charge in [0.25, 0.3) is 0 Å². The van der Waals surface area contributed by atoms with Crippen molar-refractivity contribution in [2.75, 3.05) is 17.2 Å². The largest absolute Gasteiger partial charge is 0.480 e. The number of carboxylic acids is 1. The SMILES string of the molecule is CCC(NC(=O)CN1C(=O)CSc2ccccc21)C(=O)O. The number of carboxylic acid groups (broad SMARTS) is 1. The van der Waals surface area contributed by atoms with Gasteiger partial charge in [0.15, 0.2) is 0 Å². The Morgan fingerprint density at radius 2 is 2.14 bits per heavy atom. The fraction of sp³-hybridized carbons (Fsp3) is 0.357. The first-order valence-corrected chi connectivity index (χ1v) is 7.55. The number of amides is 2. The van der Waals surface area contributed by atoms with Crippen LogP contribution in [0.1, 0.15) is 13.3 Å². The van der Waals surface area contributed by atoms with Gasteiger partial charge in [-0.15, -0.1) is 11.8 Å². The molecule has 0 fully saturated rings. The molecule has 112 valence electrons. The number of fused-ring (bicyclic) bond motifs is 1. The standard InChI is InChI=1S/C14H16N2O4S/c1-2-9(14(19)20)15-12(17)7-16-10-5-3-4-6-11(10)21-8-13(16)18/h3-6,9H,2,7-8H2,1H3,(H,15,17)(H,19,20). The number of nitrogens with one attached hydrogen (secondary N) is 1. The van der Waals surface area contributed by atoms with Crippen molar-refractivity contribution in [2.24, 2.45) is 0 Å². The van der Waals surface area contributed by atoms with Gasteiger partial charge < -0.3 is 15.3 Å². The molecule has 2 amide bonds. The second-order valence-corrected chi connectivity index (χ2v) is 5.62. The molecule has 0 aromatic heterocycles. The van der Waals surface area contributed by atoms with Crippen molar-refractivity contribution in [3.05, 3.63) is 24.3 Å². The van der Waals surface area contributed by atoms with Gasteiger partial charge in [-0.3, -0.25) is 9.59 Å². The van der Waals surface area contributed by atoms with E-state index in [0.29, 0.717) is 12.1 Å². The van der Waals surface area contributed by atoms with Crippen molar-refractivity contribution in [1.82, 2.24) is 5.32 Å². The molecule has 1 aliphatic rings. The molecule has 6 nitrogen and oxygen atoms in total. The van der Waals surface area contributed by atoms with Crippen LogP contribution in [0.15, 0.2) is 29.2 Å². The summed E-state index contributed by atoms with van der Waals surface area (Å²) in [6, 6.07) is 6.42. The molecule has 0 aliphatic carbocycles. The second kappa shape index (κ2) is 6.62. The lowest BCUT2D eigenvalue weighted by atomic mass is 10.2. The minimum absolute atomic E-state index is 0.155. The van der Waals surface area contributed by atoms with Crippen LogP contribution in [0, 0.1) is 0 Å². The summed E-state index contributed by atoms with van der Waals surface area (Å²) in [5.74, 6) is -1.43. The maximum atomic E-state index is 12.0. The van der Waals surface area contributed by atoms with Gasteiger partial charge in [-0.05, 0) is 18.6 Å². The predicted molar refractivity (Wildman–Crippen MR) is 79.4 cm³/mol. The Balaban J connectivity index is 2.10. The Kier molecular flexibility index (Phi) is 4.85. The minimum Gasteiger partial charge on any atom is -0.480 e. The van der Waals surface area contributed by atoms with Crippen molar-refractivity contribution < 1.29 is 19.5 Å². The smallest absolute Gasteiger partial charge is 0.326 e. The third-order valence-corrected chi connectivity index (χ3v) is 4.20. The fourth-order valence-electron chi connectivity index (χ4n) is 2.05. The molecule has 1 atom stereocenters. The number of nitrogens with zero attached hydrogens (tertiary/aromatic N) is 1. The average Bonchev–Trinajstić information content (AvgIpc) is 2.47. The minimum atomic E-state index is -1.08. The number of hydrogen-bond donors (Lipinski definition) is 2. The van der Waals surface area contributed by atoms with Crippen LogP contribution in [0.5, 0.6) is 0 Å². The van der Waals surface area contributed by atoms with Crippen LogP contribution in [0.4, 0.5) is 5.69 Å². The maximum absolute atomic E-state index is 12.0. The molecule has 0 bridgehead atoms. The Hall–Kier alpha value is -2.02. The summed E-state index contributed by atoms with van der Waals surface area (Å²) in [7, 11) is 0. The van der Waals surface area contributed by atoms with E-state index in [1.807, 2.05) is 12.1 Å². The van der Waals surface area contributed by atoms with Crippen LogP contribution >= 0.6 is 11.8 Å². The van der Waals surface area contributed by atoms with Crippen molar-refractivity contribution >= 4 is 35.2 Å². The molecule has 7 heteroatoms. The average molecular weight is 308 g/mol. The van der Waals surface area contributed by atoms with Crippen LogP contribution in [0.25, 0.3) is 0 Å². The first kappa shape index (κ1) is 15.4. The Morgan fingerprint density at radius 3 is 2.81 bits per heavy atom. The number of rotatable bonds is 5. The third kappa shape index (κ3) is 3.55. The van der Waals surface area contributed by atoms with Crippen molar-refractivity contribution in [3.63, 3.8) is 0 Å². The summed E-state index contributed by atoms with van der Waals surface area (Å²) in [6.07, 6.45) is 0.293. The third-order valence-electron chi connectivity index (χ3n) is 3.15. The van der Waals surface area contributed by atoms with E-state index in [9.17, 15) is 14.4 Å². The zero-order valence-corrected chi connectivity index (χ0v) is 12.4. The van der Waals surface area contributed by atoms with Crippen molar-refractivity contribution in [2.45, 2.75) is 24.3 Å². The number of hydrogen-bond acceptors (Lipinski definition) is 4. The molecule has 1 unspecified atom stereocenters. The Labute approximate surface area is 126 Å². The molecule has 21 heavy (non-hydrogen) atoms. The highest BCUT2D eigenvalue weighted by Crippen LogP contribution is 2.34. The fourth-order valence-corrected chi connectivity index (χ4v) is 2.99. The van der Waals surface area contributed by atoms with Gasteiger partial charge in [-0.25, -0.2) is 4.79 Å². The number of carbonyl (C=O) groups excluding carboxylic acids is 2. The molecule has 0 radical (unpaired) electrons. The van der Waals surface area contributed by atoms with Crippen LogP contribution < -0.4 is 10.2 Å². The molecular weight excluding hydrogens is 292 g/mol. The van der Waals surface area contributed by atoms with Crippen molar-refractivity contribution in [1.29, 1.82) is 0 Å². The van der Waals surface area contributed by atoms with Crippen LogP contribution in [-0.4, -0.2) is 41.2 Å². The van der Waals surface area contributed by atoms with E-state index >= 15 is 0 Å². The maximum Gasteiger partial charge on any atom is 0.326 e. The molecule has 1 aromatic rings. The summed E-state index contributed by atoms with van der Waals surface area (Å²) in [5.41, 5.74) is 0.692. The summed E-state index contributed by atoms with van der Waals surface area (Å²) < 4.78 is 0. The van der Waals surface area contributed by atoms with Gasteiger partial charge in [0.2, 0.25) is 11.8 Å². The molecule has 0 saturated carbocycles. The zero-order valence-electron chi connectivity index (χ0n) is 11.5. The Morgan fingerprint density at radius 1 is 1.43 bits per heavy atom. The van der Waals surface area contributed by atoms with Gasteiger partial charge in [0.05, 0.1) is 11.4 Å². The van der Waals surface area contributed by atoms with Crippen molar-refractivity contribution in [3.8, 4) is 0 Å². The van der Waals surface area contributed by atoms with Crippen LogP contribution in [-0.2, 0) is 14.4 Å². The number of para-hydroxylation sites is 1. The van der Waals surface area contributed by atoms with Gasteiger partial charge in [0.1, 0.15) is 12.6 Å². The quantitative estimate of drug-likeness (QED) is 0.851. The lowest BCUT2D eigenvalue weighted by Crippen LogP contribution is -2.48. The first-order valence-electron chi connectivity index (χ1n) is 6.57. The van der Waals surface area contributed by atoms with Gasteiger partial charge in [-0.2, -0.15) is 0 Å². The summed E-state index contributed by atoms with van der Waals surface area (Å²) in [4.78, 5) is 37.2. The Bertz CT molecular complexity index is 576. The van der Waals surface area contributed by atoms with Crippen LogP contribution in [0.2, 0.25) is 0 Å². The topological polar surface area (TPSA) is 86.7 Å². The first-order chi connectivity index (χ1) is 10.0. The highest BCUT2D eigenvalue weighted by molar-refractivity contribution is 8.00. The van der Waals surface area contributed by atoms with Gasteiger partial charge in [-0.1, -0.05) is 19.1 Å². The molecule has 1 aliphatic heterocycles. The summed E-state index contributed by atoms with van der Waals surface area (Å²) in [6.45, 7) is 1.51.